The van der Waals surface area contributed by atoms with Crippen molar-refractivity contribution in [3.05, 3.63) is 48.0 Å². The van der Waals surface area contributed by atoms with Crippen molar-refractivity contribution in [2.24, 2.45) is 0 Å². The topological polar surface area (TPSA) is 29.5 Å². The number of ether oxygens (including phenoxy) is 1. The normalized spacial score (nSPS) is 10.5. The van der Waals surface area contributed by atoms with Gasteiger partial charge in [0.2, 0.25) is 0 Å². The molecule has 0 aromatic heterocycles. The molecule has 0 heterocycles. The van der Waals surface area contributed by atoms with E-state index in [1.54, 1.807) is 6.08 Å². The smallest absolute Gasteiger partial charge is 0.320 e. The van der Waals surface area contributed by atoms with Gasteiger partial charge in [-0.3, -0.25) is 9.69 Å². The highest BCUT2D eigenvalue weighted by Crippen LogP contribution is 2.08. The van der Waals surface area contributed by atoms with E-state index in [9.17, 15) is 4.79 Å². The van der Waals surface area contributed by atoms with Crippen molar-refractivity contribution >= 4 is 5.97 Å². The van der Waals surface area contributed by atoms with Crippen LogP contribution in [0.2, 0.25) is 0 Å². The van der Waals surface area contributed by atoms with Crippen molar-refractivity contribution in [1.82, 2.24) is 4.90 Å². The maximum absolute atomic E-state index is 11.5. The molecule has 0 atom stereocenters. The standard InChI is InChI=1S/C16H23NO2/c1-4-11-17(13-16(18)19-6-3)12-15-9-7-14(5-2)8-10-15/h4,7-10H,1,5-6,11-13H2,2-3H3. The summed E-state index contributed by atoms with van der Waals surface area (Å²) in [6.07, 6.45) is 2.85. The summed E-state index contributed by atoms with van der Waals surface area (Å²) in [5.74, 6) is -0.186. The molecule has 1 aromatic carbocycles. The molecule has 0 bridgehead atoms. The number of aryl methyl sites for hydroxylation is 1. The van der Waals surface area contributed by atoms with Crippen LogP contribution in [0.1, 0.15) is 25.0 Å². The second kappa shape index (κ2) is 8.48. The molecule has 0 unspecified atom stereocenters. The Morgan fingerprint density at radius 3 is 2.42 bits per heavy atom. The Balaban J connectivity index is 2.60. The molecule has 0 aliphatic heterocycles. The number of hydrogen-bond donors (Lipinski definition) is 0. The van der Waals surface area contributed by atoms with Gasteiger partial charge in [-0.05, 0) is 24.5 Å². The minimum absolute atomic E-state index is 0.186. The quantitative estimate of drug-likeness (QED) is 0.532. The zero-order valence-corrected chi connectivity index (χ0v) is 11.9. The van der Waals surface area contributed by atoms with E-state index >= 15 is 0 Å². The summed E-state index contributed by atoms with van der Waals surface area (Å²) >= 11 is 0. The van der Waals surface area contributed by atoms with E-state index in [0.717, 1.165) is 13.0 Å². The van der Waals surface area contributed by atoms with Gasteiger partial charge >= 0.3 is 5.97 Å². The monoisotopic (exact) mass is 261 g/mol. The van der Waals surface area contributed by atoms with Crippen molar-refractivity contribution < 1.29 is 9.53 Å². The fourth-order valence-electron chi connectivity index (χ4n) is 1.90. The minimum atomic E-state index is -0.186. The average Bonchev–Trinajstić information content (AvgIpc) is 2.40. The van der Waals surface area contributed by atoms with E-state index in [1.165, 1.54) is 11.1 Å². The van der Waals surface area contributed by atoms with Crippen molar-refractivity contribution in [1.29, 1.82) is 0 Å². The zero-order chi connectivity index (χ0) is 14.1. The molecule has 19 heavy (non-hydrogen) atoms. The molecule has 0 spiro atoms. The molecule has 0 saturated carbocycles. The van der Waals surface area contributed by atoms with E-state index in [2.05, 4.69) is 37.8 Å². The van der Waals surface area contributed by atoms with Gasteiger partial charge in [0.05, 0.1) is 13.2 Å². The first-order valence-electron chi connectivity index (χ1n) is 6.76. The first-order valence-corrected chi connectivity index (χ1v) is 6.76. The predicted molar refractivity (Wildman–Crippen MR) is 77.9 cm³/mol. The molecular formula is C16H23NO2. The van der Waals surface area contributed by atoms with E-state index in [1.807, 2.05) is 11.8 Å². The number of benzene rings is 1. The Morgan fingerprint density at radius 1 is 1.26 bits per heavy atom. The van der Waals surface area contributed by atoms with E-state index in [0.29, 0.717) is 19.7 Å². The number of hydrogen-bond acceptors (Lipinski definition) is 3. The van der Waals surface area contributed by atoms with Crippen LogP contribution in [0, 0.1) is 0 Å². The van der Waals surface area contributed by atoms with Gasteiger partial charge in [-0.25, -0.2) is 0 Å². The fraction of sp³-hybridized carbons (Fsp3) is 0.438. The predicted octanol–water partition coefficient (Wildman–Crippen LogP) is 2.80. The molecule has 0 N–H and O–H groups in total. The second-order valence-electron chi connectivity index (χ2n) is 4.43. The average molecular weight is 261 g/mol. The van der Waals surface area contributed by atoms with Crippen molar-refractivity contribution in [3.8, 4) is 0 Å². The van der Waals surface area contributed by atoms with Crippen LogP contribution in [0.4, 0.5) is 0 Å². The maximum Gasteiger partial charge on any atom is 0.320 e. The highest BCUT2D eigenvalue weighted by Gasteiger charge is 2.10. The number of carbonyl (C=O) groups excluding carboxylic acids is 1. The zero-order valence-electron chi connectivity index (χ0n) is 11.9. The third-order valence-electron chi connectivity index (χ3n) is 2.88. The van der Waals surface area contributed by atoms with Gasteiger partial charge in [0.1, 0.15) is 0 Å². The molecule has 3 heteroatoms. The maximum atomic E-state index is 11.5. The van der Waals surface area contributed by atoms with Gasteiger partial charge in [0, 0.05) is 13.1 Å². The summed E-state index contributed by atoms with van der Waals surface area (Å²) in [4.78, 5) is 13.5. The van der Waals surface area contributed by atoms with Gasteiger partial charge in [0.25, 0.3) is 0 Å². The molecule has 1 rings (SSSR count). The Bertz CT molecular complexity index is 398. The van der Waals surface area contributed by atoms with Crippen molar-refractivity contribution in [2.45, 2.75) is 26.8 Å². The minimum Gasteiger partial charge on any atom is -0.465 e. The molecule has 0 amide bonds. The highest BCUT2D eigenvalue weighted by atomic mass is 16.5. The van der Waals surface area contributed by atoms with E-state index < -0.39 is 0 Å². The summed E-state index contributed by atoms with van der Waals surface area (Å²) in [5.41, 5.74) is 2.52. The molecule has 0 fully saturated rings. The molecule has 1 aromatic rings. The molecule has 0 aliphatic carbocycles. The summed E-state index contributed by atoms with van der Waals surface area (Å²) in [5, 5.41) is 0. The van der Waals surface area contributed by atoms with Crippen LogP contribution in [0.3, 0.4) is 0 Å². The SMILES string of the molecule is C=CCN(CC(=O)OCC)Cc1ccc(CC)cc1. The van der Waals surface area contributed by atoms with Gasteiger partial charge < -0.3 is 4.74 Å². The highest BCUT2D eigenvalue weighted by molar-refractivity contribution is 5.71. The van der Waals surface area contributed by atoms with E-state index in [-0.39, 0.29) is 5.97 Å². The Hall–Kier alpha value is -1.61. The molecule has 104 valence electrons. The van der Waals surface area contributed by atoms with Crippen LogP contribution in [0.15, 0.2) is 36.9 Å². The first-order chi connectivity index (χ1) is 9.19. The number of esters is 1. The third-order valence-corrected chi connectivity index (χ3v) is 2.88. The van der Waals surface area contributed by atoms with Gasteiger partial charge in [0.15, 0.2) is 0 Å². The largest absolute Gasteiger partial charge is 0.465 e. The lowest BCUT2D eigenvalue weighted by Crippen LogP contribution is -2.30. The first kappa shape index (κ1) is 15.4. The second-order valence-corrected chi connectivity index (χ2v) is 4.43. The Morgan fingerprint density at radius 2 is 1.89 bits per heavy atom. The molecular weight excluding hydrogens is 238 g/mol. The van der Waals surface area contributed by atoms with Crippen LogP contribution >= 0.6 is 0 Å². The van der Waals surface area contributed by atoms with E-state index in [4.69, 9.17) is 4.74 Å². The van der Waals surface area contributed by atoms with Crippen molar-refractivity contribution in [3.63, 3.8) is 0 Å². The van der Waals surface area contributed by atoms with Crippen molar-refractivity contribution in [2.75, 3.05) is 19.7 Å². The lowest BCUT2D eigenvalue weighted by molar-refractivity contribution is -0.144. The Labute approximate surface area is 115 Å². The van der Waals surface area contributed by atoms with Gasteiger partial charge in [-0.1, -0.05) is 37.3 Å². The van der Waals surface area contributed by atoms with Gasteiger partial charge in [-0.15, -0.1) is 6.58 Å². The molecule has 0 radical (unpaired) electrons. The van der Waals surface area contributed by atoms with Crippen LogP contribution in [0.5, 0.6) is 0 Å². The van der Waals surface area contributed by atoms with Crippen LogP contribution < -0.4 is 0 Å². The molecule has 3 nitrogen and oxygen atoms in total. The lowest BCUT2D eigenvalue weighted by atomic mass is 10.1. The molecule has 0 saturated heterocycles. The van der Waals surface area contributed by atoms with Gasteiger partial charge in [-0.2, -0.15) is 0 Å². The van der Waals surface area contributed by atoms with Crippen LogP contribution in [0.25, 0.3) is 0 Å². The number of rotatable bonds is 8. The summed E-state index contributed by atoms with van der Waals surface area (Å²) in [7, 11) is 0. The summed E-state index contributed by atoms with van der Waals surface area (Å²) in [6.45, 7) is 9.82. The fourth-order valence-corrected chi connectivity index (χ4v) is 1.90. The number of nitrogens with zero attached hydrogens (tertiary/aromatic N) is 1. The van der Waals surface area contributed by atoms with Crippen LogP contribution in [-0.4, -0.2) is 30.6 Å². The van der Waals surface area contributed by atoms with Crippen LogP contribution in [-0.2, 0) is 22.5 Å². The third kappa shape index (κ3) is 5.71. The number of carbonyl (C=O) groups is 1. The molecule has 0 aliphatic rings. The lowest BCUT2D eigenvalue weighted by Gasteiger charge is -2.19. The summed E-state index contributed by atoms with van der Waals surface area (Å²) < 4.78 is 4.98. The Kier molecular flexibility index (Phi) is 6.90. The summed E-state index contributed by atoms with van der Waals surface area (Å²) in [6, 6.07) is 8.48.